The number of benzene rings is 1. The molecule has 2 nitrogen and oxygen atoms in total. The van der Waals surface area contributed by atoms with Gasteiger partial charge in [-0.05, 0) is 36.5 Å². The molecule has 0 heterocycles. The smallest absolute Gasteiger partial charge is 0.302 e. The fourth-order valence-corrected chi connectivity index (χ4v) is 2.65. The highest BCUT2D eigenvalue weighted by Gasteiger charge is 2.20. The molecule has 0 aromatic heterocycles. The summed E-state index contributed by atoms with van der Waals surface area (Å²) in [5.41, 5.74) is 1.22. The van der Waals surface area contributed by atoms with Crippen molar-refractivity contribution in [1.29, 1.82) is 0 Å². The fraction of sp³-hybridized carbons (Fsp3) is 0.500. The average molecular weight is 250 g/mol. The van der Waals surface area contributed by atoms with Crippen LogP contribution < -0.4 is 0 Å². The van der Waals surface area contributed by atoms with Crippen LogP contribution in [0.25, 0.3) is 0 Å². The first-order valence-corrected chi connectivity index (χ1v) is 7.07. The number of hydrogen-bond donors (Lipinski definition) is 0. The minimum atomic E-state index is -0.207. The van der Waals surface area contributed by atoms with Crippen molar-refractivity contribution in [2.24, 2.45) is 5.92 Å². The molecule has 2 rings (SSSR count). The number of carbonyl (C=O) groups excluding carboxylic acids is 1. The fourth-order valence-electron chi connectivity index (χ4n) is 1.56. The molecule has 1 aromatic carbocycles. The molecule has 0 N–H and O–H groups in total. The van der Waals surface area contributed by atoms with E-state index in [1.807, 2.05) is 11.8 Å². The van der Waals surface area contributed by atoms with Gasteiger partial charge in [-0.1, -0.05) is 12.1 Å². The van der Waals surface area contributed by atoms with Gasteiger partial charge in [0.25, 0.3) is 0 Å². The van der Waals surface area contributed by atoms with Crippen molar-refractivity contribution >= 4 is 17.7 Å². The number of rotatable bonds is 6. The molecule has 0 radical (unpaired) electrons. The Balaban J connectivity index is 1.73. The molecular weight excluding hydrogens is 232 g/mol. The molecule has 1 saturated carbocycles. The maximum atomic E-state index is 10.6. The van der Waals surface area contributed by atoms with E-state index in [1.54, 1.807) is 0 Å². The molecule has 0 bridgehead atoms. The Labute approximate surface area is 107 Å². The second kappa shape index (κ2) is 6.10. The van der Waals surface area contributed by atoms with Crippen molar-refractivity contribution in [2.45, 2.75) is 31.1 Å². The van der Waals surface area contributed by atoms with Gasteiger partial charge < -0.3 is 4.74 Å². The van der Waals surface area contributed by atoms with Crippen LogP contribution in [0.2, 0.25) is 0 Å². The molecule has 0 atom stereocenters. The maximum Gasteiger partial charge on any atom is 0.302 e. The average Bonchev–Trinajstić information content (AvgIpc) is 3.11. The molecular formula is C14H18O2S. The van der Waals surface area contributed by atoms with Gasteiger partial charge in [0.05, 0.1) is 6.61 Å². The van der Waals surface area contributed by atoms with Crippen LogP contribution >= 0.6 is 11.8 Å². The summed E-state index contributed by atoms with van der Waals surface area (Å²) in [5, 5.41) is 0. The highest BCUT2D eigenvalue weighted by molar-refractivity contribution is 7.99. The molecule has 1 fully saturated rings. The van der Waals surface area contributed by atoms with E-state index in [0.29, 0.717) is 6.61 Å². The van der Waals surface area contributed by atoms with Crippen LogP contribution in [0.15, 0.2) is 29.2 Å². The number of thioether (sulfide) groups is 1. The van der Waals surface area contributed by atoms with Gasteiger partial charge in [-0.15, -0.1) is 11.8 Å². The lowest BCUT2D eigenvalue weighted by Crippen LogP contribution is -2.03. The van der Waals surface area contributed by atoms with Gasteiger partial charge in [0.2, 0.25) is 0 Å². The largest absolute Gasteiger partial charge is 0.466 e. The zero-order valence-corrected chi connectivity index (χ0v) is 11.0. The quantitative estimate of drug-likeness (QED) is 0.572. The third kappa shape index (κ3) is 4.82. The van der Waals surface area contributed by atoms with E-state index in [2.05, 4.69) is 24.3 Å². The number of carbonyl (C=O) groups is 1. The van der Waals surface area contributed by atoms with Crippen LogP contribution in [0.5, 0.6) is 0 Å². The maximum absolute atomic E-state index is 10.6. The lowest BCUT2D eigenvalue weighted by Gasteiger charge is -2.04. The monoisotopic (exact) mass is 250 g/mol. The van der Waals surface area contributed by atoms with Crippen molar-refractivity contribution in [3.05, 3.63) is 29.8 Å². The van der Waals surface area contributed by atoms with E-state index in [1.165, 1.54) is 36.0 Å². The van der Waals surface area contributed by atoms with Crippen molar-refractivity contribution in [1.82, 2.24) is 0 Å². The lowest BCUT2D eigenvalue weighted by molar-refractivity contribution is -0.140. The van der Waals surface area contributed by atoms with Crippen LogP contribution in [0, 0.1) is 5.92 Å². The van der Waals surface area contributed by atoms with E-state index in [-0.39, 0.29) is 5.97 Å². The molecule has 1 aromatic rings. The summed E-state index contributed by atoms with van der Waals surface area (Å²) in [6.07, 6.45) is 3.62. The summed E-state index contributed by atoms with van der Waals surface area (Å²) in [6.45, 7) is 1.92. The Morgan fingerprint density at radius 2 is 2.06 bits per heavy atom. The minimum Gasteiger partial charge on any atom is -0.466 e. The van der Waals surface area contributed by atoms with Gasteiger partial charge in [0.1, 0.15) is 0 Å². The predicted octanol–water partition coefficient (Wildman–Crippen LogP) is 3.29. The zero-order valence-electron chi connectivity index (χ0n) is 10.1. The first-order valence-electron chi connectivity index (χ1n) is 6.09. The van der Waals surface area contributed by atoms with Crippen molar-refractivity contribution in [3.8, 4) is 0 Å². The summed E-state index contributed by atoms with van der Waals surface area (Å²) < 4.78 is 4.92. The molecule has 0 amide bonds. The van der Waals surface area contributed by atoms with E-state index >= 15 is 0 Å². The first kappa shape index (κ1) is 12.5. The molecule has 0 saturated heterocycles. The van der Waals surface area contributed by atoms with Gasteiger partial charge in [0, 0.05) is 24.0 Å². The van der Waals surface area contributed by atoms with Gasteiger partial charge in [-0.2, -0.15) is 0 Å². The molecule has 1 aliphatic carbocycles. The third-order valence-electron chi connectivity index (χ3n) is 2.80. The molecule has 92 valence electrons. The molecule has 1 aliphatic rings. The molecule has 0 spiro atoms. The van der Waals surface area contributed by atoms with Gasteiger partial charge in [-0.3, -0.25) is 4.79 Å². The van der Waals surface area contributed by atoms with E-state index < -0.39 is 0 Å². The predicted molar refractivity (Wildman–Crippen MR) is 70.2 cm³/mol. The van der Waals surface area contributed by atoms with Crippen LogP contribution in [-0.4, -0.2) is 18.3 Å². The van der Waals surface area contributed by atoms with Crippen molar-refractivity contribution < 1.29 is 9.53 Å². The topological polar surface area (TPSA) is 26.3 Å². The summed E-state index contributed by atoms with van der Waals surface area (Å²) in [7, 11) is 0. The van der Waals surface area contributed by atoms with Crippen LogP contribution in [-0.2, 0) is 16.0 Å². The first-order chi connectivity index (χ1) is 8.24. The summed E-state index contributed by atoms with van der Waals surface area (Å²) >= 11 is 1.94. The van der Waals surface area contributed by atoms with Crippen molar-refractivity contribution in [3.63, 3.8) is 0 Å². The Morgan fingerprint density at radius 1 is 1.35 bits per heavy atom. The number of hydrogen-bond acceptors (Lipinski definition) is 3. The van der Waals surface area contributed by atoms with Crippen LogP contribution in [0.4, 0.5) is 0 Å². The van der Waals surface area contributed by atoms with Crippen molar-refractivity contribution in [2.75, 3.05) is 12.4 Å². The molecule has 17 heavy (non-hydrogen) atoms. The third-order valence-corrected chi connectivity index (χ3v) is 4.05. The highest BCUT2D eigenvalue weighted by atomic mass is 32.2. The SMILES string of the molecule is CC(=O)OCCc1ccc(SCC2CC2)cc1. The second-order valence-corrected chi connectivity index (χ2v) is 5.58. The minimum absolute atomic E-state index is 0.207. The molecule has 0 unspecified atom stereocenters. The number of esters is 1. The Kier molecular flexibility index (Phi) is 4.49. The van der Waals surface area contributed by atoms with Crippen LogP contribution in [0.1, 0.15) is 25.3 Å². The van der Waals surface area contributed by atoms with Crippen LogP contribution in [0.3, 0.4) is 0 Å². The van der Waals surface area contributed by atoms with E-state index in [9.17, 15) is 4.79 Å². The molecule has 0 aliphatic heterocycles. The zero-order chi connectivity index (χ0) is 12.1. The van der Waals surface area contributed by atoms with E-state index in [4.69, 9.17) is 4.74 Å². The standard InChI is InChI=1S/C14H18O2S/c1-11(15)16-9-8-12-4-6-14(7-5-12)17-10-13-2-3-13/h4-7,13H,2-3,8-10H2,1H3. The Hall–Kier alpha value is -0.960. The summed E-state index contributed by atoms with van der Waals surface area (Å²) in [5.74, 6) is 2.01. The molecule has 3 heteroatoms. The Bertz CT molecular complexity index is 368. The van der Waals surface area contributed by atoms with E-state index in [0.717, 1.165) is 12.3 Å². The normalized spacial score (nSPS) is 14.6. The van der Waals surface area contributed by atoms with Gasteiger partial charge >= 0.3 is 5.97 Å². The summed E-state index contributed by atoms with van der Waals surface area (Å²) in [6, 6.07) is 8.57. The van der Waals surface area contributed by atoms with Gasteiger partial charge in [0.15, 0.2) is 0 Å². The number of ether oxygens (including phenoxy) is 1. The summed E-state index contributed by atoms with van der Waals surface area (Å²) in [4.78, 5) is 12.0. The Morgan fingerprint density at radius 3 is 2.65 bits per heavy atom. The second-order valence-electron chi connectivity index (χ2n) is 4.49. The lowest BCUT2D eigenvalue weighted by atomic mass is 10.2. The van der Waals surface area contributed by atoms with Gasteiger partial charge in [-0.25, -0.2) is 0 Å². The highest BCUT2D eigenvalue weighted by Crippen LogP contribution is 2.34.